The molecule has 0 bridgehead atoms. The van der Waals surface area contributed by atoms with Crippen LogP contribution in [-0.4, -0.2) is 42.8 Å². The van der Waals surface area contributed by atoms with Crippen molar-refractivity contribution >= 4 is 5.69 Å². The summed E-state index contributed by atoms with van der Waals surface area (Å²) in [4.78, 5) is 3.81. The summed E-state index contributed by atoms with van der Waals surface area (Å²) < 4.78 is 51.5. The van der Waals surface area contributed by atoms with Gasteiger partial charge in [-0.05, 0) is 19.9 Å². The molecule has 1 aliphatic rings. The van der Waals surface area contributed by atoms with Crippen LogP contribution in [0.2, 0.25) is 0 Å². The molecule has 0 amide bonds. The van der Waals surface area contributed by atoms with Crippen molar-refractivity contribution < 1.29 is 27.4 Å². The van der Waals surface area contributed by atoms with Crippen molar-refractivity contribution in [1.82, 2.24) is 4.98 Å². The summed E-state index contributed by atoms with van der Waals surface area (Å²) in [6.07, 6.45) is -2.96. The Kier molecular flexibility index (Phi) is 4.58. The Morgan fingerprint density at radius 2 is 2.00 bits per heavy atom. The lowest BCUT2D eigenvalue weighted by atomic mass is 10.2. The van der Waals surface area contributed by atoms with Crippen LogP contribution in [0.15, 0.2) is 18.3 Å². The van der Waals surface area contributed by atoms with E-state index < -0.39 is 18.6 Å². The highest BCUT2D eigenvalue weighted by Crippen LogP contribution is 2.21. The van der Waals surface area contributed by atoms with Crippen molar-refractivity contribution in [3.63, 3.8) is 0 Å². The van der Waals surface area contributed by atoms with Crippen LogP contribution in [-0.2, 0) is 9.47 Å². The zero-order chi connectivity index (χ0) is 15.5. The van der Waals surface area contributed by atoms with Crippen LogP contribution >= 0.6 is 0 Å². The molecule has 1 aromatic rings. The molecule has 0 atom stereocenters. The molecule has 1 N–H and O–H groups in total. The molecule has 8 heteroatoms. The molecule has 21 heavy (non-hydrogen) atoms. The summed E-state index contributed by atoms with van der Waals surface area (Å²) in [7, 11) is 0. The third-order valence-electron chi connectivity index (χ3n) is 2.76. The van der Waals surface area contributed by atoms with Gasteiger partial charge in [-0.2, -0.15) is 13.2 Å². The van der Waals surface area contributed by atoms with Gasteiger partial charge in [0.1, 0.15) is 0 Å². The number of hydrogen-bond donors (Lipinski definition) is 1. The Morgan fingerprint density at radius 3 is 2.52 bits per heavy atom. The van der Waals surface area contributed by atoms with Gasteiger partial charge in [-0.1, -0.05) is 0 Å². The van der Waals surface area contributed by atoms with Gasteiger partial charge in [-0.25, -0.2) is 4.98 Å². The number of aromatic nitrogens is 1. The van der Waals surface area contributed by atoms with E-state index in [1.165, 1.54) is 12.3 Å². The molecule has 0 aromatic carbocycles. The van der Waals surface area contributed by atoms with Crippen LogP contribution in [0.25, 0.3) is 0 Å². The van der Waals surface area contributed by atoms with Gasteiger partial charge in [-0.15, -0.1) is 0 Å². The highest BCUT2D eigenvalue weighted by Gasteiger charge is 2.29. The van der Waals surface area contributed by atoms with Crippen molar-refractivity contribution in [1.29, 1.82) is 0 Å². The Bertz CT molecular complexity index is 453. The second-order valence-electron chi connectivity index (χ2n) is 5.15. The molecule has 1 fully saturated rings. The number of anilines is 1. The van der Waals surface area contributed by atoms with Gasteiger partial charge < -0.3 is 19.5 Å². The minimum atomic E-state index is -4.37. The summed E-state index contributed by atoms with van der Waals surface area (Å²) in [5.74, 6) is -0.665. The van der Waals surface area contributed by atoms with Crippen LogP contribution in [0.4, 0.5) is 18.9 Å². The Morgan fingerprint density at radius 1 is 1.33 bits per heavy atom. The summed E-state index contributed by atoms with van der Waals surface area (Å²) in [6.45, 7) is 3.25. The van der Waals surface area contributed by atoms with Gasteiger partial charge in [0.15, 0.2) is 12.4 Å². The standard InChI is InChI=1S/C13H17F3N2O3/c1-12(2)20-6-10(7-21-12)18-9-3-4-11(17-5-9)19-8-13(14,15)16/h3-5,10,18H,6-8H2,1-2H3. The van der Waals surface area contributed by atoms with E-state index in [0.717, 1.165) is 0 Å². The second-order valence-corrected chi connectivity index (χ2v) is 5.15. The lowest BCUT2D eigenvalue weighted by Gasteiger charge is -2.35. The van der Waals surface area contributed by atoms with E-state index in [1.807, 2.05) is 13.8 Å². The van der Waals surface area contributed by atoms with E-state index >= 15 is 0 Å². The van der Waals surface area contributed by atoms with Crippen molar-refractivity contribution in [3.05, 3.63) is 18.3 Å². The SMILES string of the molecule is CC1(C)OCC(Nc2ccc(OCC(F)(F)F)nc2)CO1. The maximum absolute atomic E-state index is 12.0. The molecule has 5 nitrogen and oxygen atoms in total. The maximum atomic E-state index is 12.0. The summed E-state index contributed by atoms with van der Waals surface area (Å²) in [5, 5.41) is 3.13. The predicted molar refractivity (Wildman–Crippen MR) is 69.2 cm³/mol. The molecule has 0 aliphatic carbocycles. The average molecular weight is 306 g/mol. The maximum Gasteiger partial charge on any atom is 0.422 e. The number of halogens is 3. The first-order valence-electron chi connectivity index (χ1n) is 6.44. The van der Waals surface area contributed by atoms with Gasteiger partial charge in [0, 0.05) is 6.07 Å². The molecule has 0 radical (unpaired) electrons. The van der Waals surface area contributed by atoms with E-state index in [9.17, 15) is 13.2 Å². The second kappa shape index (κ2) is 6.07. The van der Waals surface area contributed by atoms with E-state index in [4.69, 9.17) is 9.47 Å². The van der Waals surface area contributed by atoms with Crippen LogP contribution in [0.3, 0.4) is 0 Å². The Balaban J connectivity index is 1.83. The lowest BCUT2D eigenvalue weighted by Crippen LogP contribution is -2.45. The third kappa shape index (κ3) is 5.39. The van der Waals surface area contributed by atoms with Gasteiger partial charge >= 0.3 is 6.18 Å². The first kappa shape index (κ1) is 15.8. The highest BCUT2D eigenvalue weighted by molar-refractivity contribution is 5.43. The number of ether oxygens (including phenoxy) is 3. The number of alkyl halides is 3. The summed E-state index contributed by atoms with van der Waals surface area (Å²) >= 11 is 0. The predicted octanol–water partition coefficient (Wildman–Crippen LogP) is 2.59. The summed E-state index contributed by atoms with van der Waals surface area (Å²) in [5.41, 5.74) is 0.659. The molecule has 0 spiro atoms. The number of nitrogens with one attached hydrogen (secondary N) is 1. The van der Waals surface area contributed by atoms with Gasteiger partial charge in [0.25, 0.3) is 0 Å². The molecular weight excluding hydrogens is 289 g/mol. The molecule has 2 rings (SSSR count). The van der Waals surface area contributed by atoms with Gasteiger partial charge in [0.05, 0.1) is 31.1 Å². The fraction of sp³-hybridized carbons (Fsp3) is 0.615. The van der Waals surface area contributed by atoms with Crippen LogP contribution in [0, 0.1) is 0 Å². The molecule has 1 aliphatic heterocycles. The fourth-order valence-corrected chi connectivity index (χ4v) is 1.72. The van der Waals surface area contributed by atoms with Crippen molar-refractivity contribution in [2.24, 2.45) is 0 Å². The molecule has 0 saturated carbocycles. The third-order valence-corrected chi connectivity index (χ3v) is 2.76. The van der Waals surface area contributed by atoms with Crippen molar-refractivity contribution in [3.8, 4) is 5.88 Å². The number of rotatable bonds is 4. The molecule has 1 aromatic heterocycles. The van der Waals surface area contributed by atoms with Crippen LogP contribution in [0.1, 0.15) is 13.8 Å². The topological polar surface area (TPSA) is 52.6 Å². The quantitative estimate of drug-likeness (QED) is 0.926. The largest absolute Gasteiger partial charge is 0.468 e. The van der Waals surface area contributed by atoms with E-state index in [1.54, 1.807) is 6.07 Å². The summed E-state index contributed by atoms with van der Waals surface area (Å²) in [6, 6.07) is 2.93. The number of pyridine rings is 1. The van der Waals surface area contributed by atoms with E-state index in [0.29, 0.717) is 18.9 Å². The van der Waals surface area contributed by atoms with Crippen LogP contribution < -0.4 is 10.1 Å². The molecular formula is C13H17F3N2O3. The first-order chi connectivity index (χ1) is 9.73. The molecule has 1 saturated heterocycles. The van der Waals surface area contributed by atoms with Crippen LogP contribution in [0.5, 0.6) is 5.88 Å². The Labute approximate surface area is 120 Å². The zero-order valence-corrected chi connectivity index (χ0v) is 11.7. The average Bonchev–Trinajstić information content (AvgIpc) is 2.40. The minimum Gasteiger partial charge on any atom is -0.468 e. The minimum absolute atomic E-state index is 0.0400. The Hall–Kier alpha value is -1.54. The zero-order valence-electron chi connectivity index (χ0n) is 11.7. The molecule has 2 heterocycles. The van der Waals surface area contributed by atoms with Crippen molar-refractivity contribution in [2.45, 2.75) is 31.9 Å². The first-order valence-corrected chi connectivity index (χ1v) is 6.44. The molecule has 0 unspecified atom stereocenters. The van der Waals surface area contributed by atoms with E-state index in [-0.39, 0.29) is 11.9 Å². The molecule has 118 valence electrons. The normalized spacial score (nSPS) is 19.3. The number of nitrogens with zero attached hydrogens (tertiary/aromatic N) is 1. The van der Waals surface area contributed by atoms with E-state index in [2.05, 4.69) is 15.0 Å². The lowest BCUT2D eigenvalue weighted by molar-refractivity contribution is -0.247. The smallest absolute Gasteiger partial charge is 0.422 e. The highest BCUT2D eigenvalue weighted by atomic mass is 19.4. The van der Waals surface area contributed by atoms with Gasteiger partial charge in [0.2, 0.25) is 5.88 Å². The number of hydrogen-bond acceptors (Lipinski definition) is 5. The van der Waals surface area contributed by atoms with Crippen molar-refractivity contribution in [2.75, 3.05) is 25.1 Å². The fourth-order valence-electron chi connectivity index (χ4n) is 1.72. The van der Waals surface area contributed by atoms with Gasteiger partial charge in [-0.3, -0.25) is 0 Å². The monoisotopic (exact) mass is 306 g/mol.